The molecule has 2 rings (SSSR count). The normalized spacial score (nSPS) is 20.0. The third-order valence-electron chi connectivity index (χ3n) is 3.93. The Kier molecular flexibility index (Phi) is 8.43. The summed E-state index contributed by atoms with van der Waals surface area (Å²) in [5.41, 5.74) is 5.27. The van der Waals surface area contributed by atoms with Crippen LogP contribution < -0.4 is 15.8 Å². The predicted octanol–water partition coefficient (Wildman–Crippen LogP) is 4.26. The second kappa shape index (κ2) is 9.56. The van der Waals surface area contributed by atoms with Crippen molar-refractivity contribution in [3.05, 3.63) is 27.2 Å². The fourth-order valence-electron chi connectivity index (χ4n) is 2.67. The highest BCUT2D eigenvalue weighted by molar-refractivity contribution is 6.40. The van der Waals surface area contributed by atoms with E-state index in [4.69, 9.17) is 50.7 Å². The van der Waals surface area contributed by atoms with Crippen molar-refractivity contribution in [1.29, 1.82) is 5.41 Å². The lowest BCUT2D eigenvalue weighted by Crippen LogP contribution is -2.36. The van der Waals surface area contributed by atoms with Gasteiger partial charge in [-0.2, -0.15) is 0 Å². The zero-order chi connectivity index (χ0) is 17.0. The molecule has 0 amide bonds. The molecule has 134 valence electrons. The highest BCUT2D eigenvalue weighted by Crippen LogP contribution is 2.37. The van der Waals surface area contributed by atoms with E-state index in [0.717, 1.165) is 25.7 Å². The van der Waals surface area contributed by atoms with Crippen molar-refractivity contribution in [3.63, 3.8) is 0 Å². The molecule has 1 aliphatic carbocycles. The summed E-state index contributed by atoms with van der Waals surface area (Å²) < 4.78 is 5.37. The molecule has 9 heteroatoms. The molecule has 1 fully saturated rings. The number of esters is 1. The molecular formula is C15H19Cl4N3O2. The van der Waals surface area contributed by atoms with Gasteiger partial charge in [0.25, 0.3) is 0 Å². The molecule has 1 aromatic carbocycles. The van der Waals surface area contributed by atoms with Crippen LogP contribution in [0.3, 0.4) is 0 Å². The molecule has 5 nitrogen and oxygen atoms in total. The lowest BCUT2D eigenvalue weighted by atomic mass is 9.82. The van der Waals surface area contributed by atoms with Crippen LogP contribution in [0, 0.1) is 17.2 Å². The van der Waals surface area contributed by atoms with E-state index in [9.17, 15) is 4.79 Å². The highest BCUT2D eigenvalue weighted by atomic mass is 35.5. The zero-order valence-electron chi connectivity index (χ0n) is 12.8. The van der Waals surface area contributed by atoms with Crippen molar-refractivity contribution >= 4 is 59.1 Å². The third-order valence-corrected chi connectivity index (χ3v) is 4.71. The SMILES string of the molecule is Cl.N=C(N)NC[C@H]1CC[C@H](C(=O)Oc2c(Cl)cc(Cl)cc2Cl)CC1. The van der Waals surface area contributed by atoms with Gasteiger partial charge in [-0.05, 0) is 43.7 Å². The maximum Gasteiger partial charge on any atom is 0.314 e. The van der Waals surface area contributed by atoms with Crippen molar-refractivity contribution in [2.24, 2.45) is 17.6 Å². The van der Waals surface area contributed by atoms with Crippen LogP contribution in [-0.4, -0.2) is 18.5 Å². The molecule has 0 radical (unpaired) electrons. The molecule has 4 N–H and O–H groups in total. The van der Waals surface area contributed by atoms with Crippen LogP contribution in [0.25, 0.3) is 0 Å². The predicted molar refractivity (Wildman–Crippen MR) is 99.7 cm³/mol. The summed E-state index contributed by atoms with van der Waals surface area (Å²) in [7, 11) is 0. The van der Waals surface area contributed by atoms with Gasteiger partial charge in [-0.1, -0.05) is 34.8 Å². The third kappa shape index (κ3) is 5.88. The summed E-state index contributed by atoms with van der Waals surface area (Å²) in [4.78, 5) is 12.3. The fraction of sp³-hybridized carbons (Fsp3) is 0.467. The van der Waals surface area contributed by atoms with E-state index in [1.54, 1.807) is 0 Å². The van der Waals surface area contributed by atoms with Gasteiger partial charge >= 0.3 is 5.97 Å². The van der Waals surface area contributed by atoms with E-state index >= 15 is 0 Å². The number of hydrogen-bond donors (Lipinski definition) is 3. The van der Waals surface area contributed by atoms with Gasteiger partial charge < -0.3 is 15.8 Å². The topological polar surface area (TPSA) is 88.2 Å². The first-order valence-electron chi connectivity index (χ1n) is 7.31. The van der Waals surface area contributed by atoms with Gasteiger partial charge in [-0.3, -0.25) is 10.2 Å². The summed E-state index contributed by atoms with van der Waals surface area (Å²) in [6, 6.07) is 2.98. The average molecular weight is 415 g/mol. The van der Waals surface area contributed by atoms with E-state index in [0.29, 0.717) is 17.5 Å². The Morgan fingerprint density at radius 2 is 1.75 bits per heavy atom. The van der Waals surface area contributed by atoms with Gasteiger partial charge in [-0.15, -0.1) is 12.4 Å². The molecule has 0 unspecified atom stereocenters. The molecule has 24 heavy (non-hydrogen) atoms. The maximum absolute atomic E-state index is 12.3. The van der Waals surface area contributed by atoms with Crippen LogP contribution >= 0.6 is 47.2 Å². The first kappa shape index (κ1) is 21.2. The number of halogens is 4. The number of guanidine groups is 1. The Bertz CT molecular complexity index is 581. The summed E-state index contributed by atoms with van der Waals surface area (Å²) in [5.74, 6) is 0.0350. The number of ether oxygens (including phenoxy) is 1. The quantitative estimate of drug-likeness (QED) is 0.297. The summed E-state index contributed by atoms with van der Waals surface area (Å²) in [5, 5.41) is 10.8. The van der Waals surface area contributed by atoms with E-state index in [2.05, 4.69) is 5.32 Å². The minimum atomic E-state index is -0.325. The Labute approximate surface area is 162 Å². The molecule has 0 bridgehead atoms. The minimum absolute atomic E-state index is 0. The van der Waals surface area contributed by atoms with Crippen LogP contribution in [0.15, 0.2) is 12.1 Å². The number of hydrogen-bond acceptors (Lipinski definition) is 3. The van der Waals surface area contributed by atoms with Crippen LogP contribution in [0.1, 0.15) is 25.7 Å². The van der Waals surface area contributed by atoms with Crippen molar-refractivity contribution in [1.82, 2.24) is 5.32 Å². The second-order valence-electron chi connectivity index (χ2n) is 5.63. The smallest absolute Gasteiger partial charge is 0.314 e. The number of carbonyl (C=O) groups excluding carboxylic acids is 1. The molecule has 1 saturated carbocycles. The molecule has 0 aromatic heterocycles. The monoisotopic (exact) mass is 413 g/mol. The minimum Gasteiger partial charge on any atom is -0.423 e. The zero-order valence-corrected chi connectivity index (χ0v) is 15.9. The van der Waals surface area contributed by atoms with Crippen molar-refractivity contribution in [2.75, 3.05) is 6.54 Å². The summed E-state index contributed by atoms with van der Waals surface area (Å²) in [6.07, 6.45) is 3.21. The molecule has 0 aliphatic heterocycles. The van der Waals surface area contributed by atoms with E-state index < -0.39 is 0 Å². The van der Waals surface area contributed by atoms with E-state index in [-0.39, 0.29) is 46.0 Å². The summed E-state index contributed by atoms with van der Waals surface area (Å²) >= 11 is 17.9. The van der Waals surface area contributed by atoms with Gasteiger partial charge in [-0.25, -0.2) is 0 Å². The van der Waals surface area contributed by atoms with Gasteiger partial charge in [0.2, 0.25) is 0 Å². The van der Waals surface area contributed by atoms with Gasteiger partial charge in [0.1, 0.15) is 0 Å². The molecule has 0 spiro atoms. The van der Waals surface area contributed by atoms with Crippen molar-refractivity contribution in [2.45, 2.75) is 25.7 Å². The number of carbonyl (C=O) groups is 1. The van der Waals surface area contributed by atoms with E-state index in [1.165, 1.54) is 12.1 Å². The van der Waals surface area contributed by atoms with Crippen LogP contribution in [-0.2, 0) is 4.79 Å². The molecule has 0 heterocycles. The van der Waals surface area contributed by atoms with Crippen LogP contribution in [0.2, 0.25) is 15.1 Å². The highest BCUT2D eigenvalue weighted by Gasteiger charge is 2.28. The molecular weight excluding hydrogens is 396 g/mol. The number of nitrogens with two attached hydrogens (primary N) is 1. The number of benzene rings is 1. The number of nitrogens with one attached hydrogen (secondary N) is 2. The Hall–Kier alpha value is -0.880. The summed E-state index contributed by atoms with van der Waals surface area (Å²) in [6.45, 7) is 0.659. The van der Waals surface area contributed by atoms with Gasteiger partial charge in [0.05, 0.1) is 16.0 Å². The van der Waals surface area contributed by atoms with E-state index in [1.807, 2.05) is 0 Å². The standard InChI is InChI=1S/C15H18Cl3N3O2.ClH/c16-10-5-11(17)13(12(18)6-10)23-14(22)9-3-1-8(2-4-9)7-21-15(19)20;/h5-6,8-9H,1-4,7H2,(H4,19,20,21);1H/t8-,9-;. The molecule has 1 aliphatic rings. The molecule has 0 saturated heterocycles. The fourth-order valence-corrected chi connectivity index (χ4v) is 3.56. The first-order valence-corrected chi connectivity index (χ1v) is 8.44. The van der Waals surface area contributed by atoms with Crippen molar-refractivity contribution < 1.29 is 9.53 Å². The van der Waals surface area contributed by atoms with Crippen molar-refractivity contribution in [3.8, 4) is 5.75 Å². The lowest BCUT2D eigenvalue weighted by Gasteiger charge is -2.27. The van der Waals surface area contributed by atoms with Gasteiger partial charge in [0.15, 0.2) is 11.7 Å². The lowest BCUT2D eigenvalue weighted by molar-refractivity contribution is -0.140. The largest absolute Gasteiger partial charge is 0.423 e. The maximum atomic E-state index is 12.3. The van der Waals surface area contributed by atoms with Crippen LogP contribution in [0.5, 0.6) is 5.75 Å². The molecule has 1 aromatic rings. The Balaban J connectivity index is 0.00000288. The first-order chi connectivity index (χ1) is 10.9. The van der Waals surface area contributed by atoms with Gasteiger partial charge in [0, 0.05) is 11.6 Å². The second-order valence-corrected chi connectivity index (χ2v) is 6.88. The Morgan fingerprint density at radius 3 is 2.25 bits per heavy atom. The Morgan fingerprint density at radius 1 is 1.21 bits per heavy atom. The van der Waals surface area contributed by atoms with Crippen LogP contribution in [0.4, 0.5) is 0 Å². The molecule has 0 atom stereocenters. The average Bonchev–Trinajstić information content (AvgIpc) is 2.49. The number of rotatable bonds is 4.